The highest BCUT2D eigenvalue weighted by Gasteiger charge is 2.02. The fourth-order valence-corrected chi connectivity index (χ4v) is 1.76. The SMILES string of the molecule is N#Cc1ccc(Nc2cc(F)cc(Cl)c2)cc1N. The highest BCUT2D eigenvalue weighted by atomic mass is 35.5. The number of anilines is 3. The Morgan fingerprint density at radius 1 is 1.17 bits per heavy atom. The lowest BCUT2D eigenvalue weighted by Gasteiger charge is -2.08. The van der Waals surface area contributed by atoms with Crippen LogP contribution in [0.4, 0.5) is 21.5 Å². The molecule has 0 fully saturated rings. The zero-order valence-electron chi connectivity index (χ0n) is 9.24. The Hall–Kier alpha value is -2.25. The van der Waals surface area contributed by atoms with Crippen LogP contribution in [0.1, 0.15) is 5.56 Å². The van der Waals surface area contributed by atoms with Crippen LogP contribution in [0.3, 0.4) is 0 Å². The molecular weight excluding hydrogens is 253 g/mol. The van der Waals surface area contributed by atoms with E-state index in [1.165, 1.54) is 12.1 Å². The Morgan fingerprint density at radius 3 is 2.56 bits per heavy atom. The summed E-state index contributed by atoms with van der Waals surface area (Å²) >= 11 is 5.75. The predicted octanol–water partition coefficient (Wildman–Crippen LogP) is 3.68. The van der Waals surface area contributed by atoms with Gasteiger partial charge in [-0.3, -0.25) is 0 Å². The minimum Gasteiger partial charge on any atom is -0.398 e. The van der Waals surface area contributed by atoms with Gasteiger partial charge in [-0.15, -0.1) is 0 Å². The van der Waals surface area contributed by atoms with Crippen LogP contribution in [0, 0.1) is 17.1 Å². The van der Waals surface area contributed by atoms with Crippen LogP contribution in [0.15, 0.2) is 36.4 Å². The average Bonchev–Trinajstić information content (AvgIpc) is 2.27. The number of halogens is 2. The number of nitrogens with two attached hydrogens (primary N) is 1. The highest BCUT2D eigenvalue weighted by molar-refractivity contribution is 6.30. The molecule has 2 aromatic carbocycles. The Labute approximate surface area is 109 Å². The number of nitrogens with zero attached hydrogens (tertiary/aromatic N) is 1. The third kappa shape index (κ3) is 2.70. The number of rotatable bonds is 2. The largest absolute Gasteiger partial charge is 0.398 e. The lowest BCUT2D eigenvalue weighted by atomic mass is 10.1. The van der Waals surface area contributed by atoms with Crippen molar-refractivity contribution in [3.8, 4) is 6.07 Å². The molecule has 0 aliphatic heterocycles. The number of nitrogen functional groups attached to an aromatic ring is 1. The maximum absolute atomic E-state index is 13.1. The second-order valence-corrected chi connectivity index (χ2v) is 4.13. The van der Waals surface area contributed by atoms with Crippen LogP contribution < -0.4 is 11.1 Å². The summed E-state index contributed by atoms with van der Waals surface area (Å²) in [5.74, 6) is -0.424. The average molecular weight is 262 g/mol. The van der Waals surface area contributed by atoms with Crippen LogP contribution in [-0.4, -0.2) is 0 Å². The molecule has 0 heterocycles. The lowest BCUT2D eigenvalue weighted by Crippen LogP contribution is -1.95. The summed E-state index contributed by atoms with van der Waals surface area (Å²) in [6, 6.07) is 11.0. The predicted molar refractivity (Wildman–Crippen MR) is 70.3 cm³/mol. The van der Waals surface area contributed by atoms with E-state index < -0.39 is 5.82 Å². The number of nitriles is 1. The summed E-state index contributed by atoms with van der Waals surface area (Å²) in [6.45, 7) is 0. The number of benzene rings is 2. The maximum Gasteiger partial charge on any atom is 0.126 e. The Bertz CT molecular complexity index is 614. The summed E-state index contributed by atoms with van der Waals surface area (Å²) in [6.07, 6.45) is 0. The molecule has 5 heteroatoms. The van der Waals surface area contributed by atoms with E-state index in [0.717, 1.165) is 0 Å². The van der Waals surface area contributed by atoms with Crippen LogP contribution in [-0.2, 0) is 0 Å². The molecule has 0 aliphatic rings. The maximum atomic E-state index is 13.1. The van der Waals surface area contributed by atoms with Crippen LogP contribution in [0.2, 0.25) is 5.02 Å². The van der Waals surface area contributed by atoms with Gasteiger partial charge in [0.25, 0.3) is 0 Å². The van der Waals surface area contributed by atoms with Crippen molar-refractivity contribution in [1.29, 1.82) is 5.26 Å². The van der Waals surface area contributed by atoms with Crippen molar-refractivity contribution in [3.05, 3.63) is 52.8 Å². The molecule has 3 N–H and O–H groups in total. The summed E-state index contributed by atoms with van der Waals surface area (Å²) in [5, 5.41) is 12.0. The molecule has 0 aromatic heterocycles. The van der Waals surface area contributed by atoms with Crippen molar-refractivity contribution in [1.82, 2.24) is 0 Å². The normalized spacial score (nSPS) is 9.83. The second-order valence-electron chi connectivity index (χ2n) is 3.70. The molecule has 0 unspecified atom stereocenters. The Balaban J connectivity index is 2.29. The molecule has 0 amide bonds. The molecule has 0 atom stereocenters. The van der Waals surface area contributed by atoms with Crippen LogP contribution in [0.5, 0.6) is 0 Å². The number of nitrogens with one attached hydrogen (secondary N) is 1. The molecule has 2 rings (SSSR count). The van der Waals surface area contributed by atoms with Gasteiger partial charge in [0.05, 0.1) is 11.3 Å². The monoisotopic (exact) mass is 261 g/mol. The minimum atomic E-state index is -0.424. The first kappa shape index (κ1) is 12.2. The lowest BCUT2D eigenvalue weighted by molar-refractivity contribution is 0.628. The first-order valence-corrected chi connectivity index (χ1v) is 5.49. The van der Waals surface area contributed by atoms with E-state index in [1.807, 2.05) is 6.07 Å². The summed E-state index contributed by atoms with van der Waals surface area (Å²) in [7, 11) is 0. The van der Waals surface area contributed by atoms with Crippen molar-refractivity contribution >= 4 is 28.7 Å². The van der Waals surface area contributed by atoms with Crippen LogP contribution >= 0.6 is 11.6 Å². The van der Waals surface area contributed by atoms with E-state index in [-0.39, 0.29) is 0 Å². The Kier molecular flexibility index (Phi) is 3.35. The van der Waals surface area contributed by atoms with Crippen molar-refractivity contribution < 1.29 is 4.39 Å². The van der Waals surface area contributed by atoms with Crippen LogP contribution in [0.25, 0.3) is 0 Å². The van der Waals surface area contributed by atoms with Gasteiger partial charge in [0, 0.05) is 16.4 Å². The number of hydrogen-bond donors (Lipinski definition) is 2. The molecule has 90 valence electrons. The molecule has 2 aromatic rings. The smallest absolute Gasteiger partial charge is 0.126 e. The summed E-state index contributed by atoms with van der Waals surface area (Å²) < 4.78 is 13.1. The van der Waals surface area contributed by atoms with Crippen molar-refractivity contribution in [2.24, 2.45) is 0 Å². The van der Waals surface area contributed by atoms with Gasteiger partial charge >= 0.3 is 0 Å². The molecular formula is C13H9ClFN3. The first-order valence-electron chi connectivity index (χ1n) is 5.11. The Morgan fingerprint density at radius 2 is 1.94 bits per heavy atom. The fraction of sp³-hybridized carbons (Fsp3) is 0. The zero-order chi connectivity index (χ0) is 13.1. The molecule has 0 saturated carbocycles. The van der Waals surface area contributed by atoms with Gasteiger partial charge < -0.3 is 11.1 Å². The van der Waals surface area contributed by atoms with Crippen molar-refractivity contribution in [2.45, 2.75) is 0 Å². The van der Waals surface area contributed by atoms with Gasteiger partial charge in [-0.05, 0) is 36.4 Å². The standard InChI is InChI=1S/C13H9ClFN3/c14-9-3-10(15)5-12(4-9)18-11-2-1-8(7-16)13(17)6-11/h1-6,18H,17H2. The minimum absolute atomic E-state index is 0.305. The van der Waals surface area contributed by atoms with Gasteiger partial charge in [0.2, 0.25) is 0 Å². The van der Waals surface area contributed by atoms with E-state index in [2.05, 4.69) is 5.32 Å². The molecule has 0 radical (unpaired) electrons. The topological polar surface area (TPSA) is 61.8 Å². The highest BCUT2D eigenvalue weighted by Crippen LogP contribution is 2.24. The van der Waals surface area contributed by atoms with E-state index >= 15 is 0 Å². The van der Waals surface area contributed by atoms with Gasteiger partial charge in [-0.1, -0.05) is 11.6 Å². The number of hydrogen-bond acceptors (Lipinski definition) is 3. The second kappa shape index (κ2) is 4.94. The molecule has 0 bridgehead atoms. The third-order valence-corrected chi connectivity index (χ3v) is 2.54. The summed E-state index contributed by atoms with van der Waals surface area (Å²) in [4.78, 5) is 0. The molecule has 3 nitrogen and oxygen atoms in total. The van der Waals surface area contributed by atoms with E-state index in [0.29, 0.717) is 27.6 Å². The first-order chi connectivity index (χ1) is 8.58. The van der Waals surface area contributed by atoms with E-state index in [9.17, 15) is 4.39 Å². The van der Waals surface area contributed by atoms with Crippen molar-refractivity contribution in [3.63, 3.8) is 0 Å². The van der Waals surface area contributed by atoms with Gasteiger partial charge in [0.15, 0.2) is 0 Å². The van der Waals surface area contributed by atoms with E-state index in [1.54, 1.807) is 24.3 Å². The molecule has 18 heavy (non-hydrogen) atoms. The zero-order valence-corrected chi connectivity index (χ0v) is 10.0. The molecule has 0 saturated heterocycles. The van der Waals surface area contributed by atoms with Gasteiger partial charge in [-0.25, -0.2) is 4.39 Å². The van der Waals surface area contributed by atoms with Gasteiger partial charge in [-0.2, -0.15) is 5.26 Å². The fourth-order valence-electron chi connectivity index (χ4n) is 1.53. The molecule has 0 spiro atoms. The molecule has 0 aliphatic carbocycles. The summed E-state index contributed by atoms with van der Waals surface area (Å²) in [5.41, 5.74) is 7.63. The third-order valence-electron chi connectivity index (χ3n) is 2.32. The van der Waals surface area contributed by atoms with Crippen molar-refractivity contribution in [2.75, 3.05) is 11.1 Å². The van der Waals surface area contributed by atoms with E-state index in [4.69, 9.17) is 22.6 Å². The van der Waals surface area contributed by atoms with Gasteiger partial charge in [0.1, 0.15) is 11.9 Å². The quantitative estimate of drug-likeness (QED) is 0.811.